The lowest BCUT2D eigenvalue weighted by Crippen LogP contribution is -2.32. The van der Waals surface area contributed by atoms with Crippen molar-refractivity contribution in [2.75, 3.05) is 11.5 Å². The molecule has 2 aromatic heterocycles. The molecule has 0 aliphatic rings. The summed E-state index contributed by atoms with van der Waals surface area (Å²) >= 11 is 4.02. The highest BCUT2D eigenvalue weighted by Crippen LogP contribution is 2.20. The van der Waals surface area contributed by atoms with Gasteiger partial charge in [-0.25, -0.2) is 9.13 Å². The van der Waals surface area contributed by atoms with E-state index in [0.29, 0.717) is 0 Å². The quantitative estimate of drug-likeness (QED) is 0.116. The van der Waals surface area contributed by atoms with Gasteiger partial charge in [0.1, 0.15) is 13.1 Å². The molecular formula is C28H46N2S2+2. The lowest BCUT2D eigenvalue weighted by atomic mass is 10.2. The van der Waals surface area contributed by atoms with E-state index in [4.69, 9.17) is 0 Å². The minimum Gasteiger partial charge on any atom is -0.205 e. The van der Waals surface area contributed by atoms with Crippen LogP contribution in [0.2, 0.25) is 0 Å². The van der Waals surface area contributed by atoms with Gasteiger partial charge in [-0.05, 0) is 37.2 Å². The fourth-order valence-electron chi connectivity index (χ4n) is 3.76. The highest BCUT2D eigenvalue weighted by Gasteiger charge is 2.03. The average Bonchev–Trinajstić information content (AvgIpc) is 2.83. The van der Waals surface area contributed by atoms with E-state index < -0.39 is 0 Å². The summed E-state index contributed by atoms with van der Waals surface area (Å²) in [5, 5.41) is 0. The molecule has 0 aromatic carbocycles. The van der Waals surface area contributed by atoms with Crippen molar-refractivity contribution in [3.05, 3.63) is 49.1 Å². The zero-order valence-corrected chi connectivity index (χ0v) is 22.3. The van der Waals surface area contributed by atoms with Crippen LogP contribution in [0.25, 0.3) is 0 Å². The molecular weight excluding hydrogens is 428 g/mol. The molecule has 178 valence electrons. The van der Waals surface area contributed by atoms with E-state index in [2.05, 4.69) is 72.0 Å². The van der Waals surface area contributed by atoms with Gasteiger partial charge in [0.15, 0.2) is 24.8 Å². The van der Waals surface area contributed by atoms with Crippen molar-refractivity contribution in [1.29, 1.82) is 0 Å². The molecule has 0 radical (unpaired) electrons. The Morgan fingerprint density at radius 1 is 0.500 bits per heavy atom. The number of thioether (sulfide) groups is 2. The summed E-state index contributed by atoms with van der Waals surface area (Å²) < 4.78 is 4.66. The minimum atomic E-state index is 1.16. The van der Waals surface area contributed by atoms with E-state index in [0.717, 1.165) is 13.1 Å². The number of hydrogen-bond donors (Lipinski definition) is 0. The third-order valence-electron chi connectivity index (χ3n) is 5.84. The number of aryl methyl sites for hydroxylation is 2. The van der Waals surface area contributed by atoms with Crippen LogP contribution in [0.5, 0.6) is 0 Å². The van der Waals surface area contributed by atoms with Crippen molar-refractivity contribution in [2.24, 2.45) is 0 Å². The third-order valence-corrected chi connectivity index (χ3v) is 8.03. The molecule has 0 amide bonds. The molecule has 0 spiro atoms. The van der Waals surface area contributed by atoms with E-state index in [1.54, 1.807) is 0 Å². The van der Waals surface area contributed by atoms with E-state index >= 15 is 0 Å². The molecule has 0 N–H and O–H groups in total. The Bertz CT molecular complexity index is 624. The molecule has 0 aliphatic carbocycles. The SMILES string of the molecule is CCCCCC[n+]1ccc(SCCCCCCSc2cc[n+](CCCCCC)cc2)cc1. The number of rotatable bonds is 19. The van der Waals surface area contributed by atoms with Crippen molar-refractivity contribution in [1.82, 2.24) is 0 Å². The monoisotopic (exact) mass is 474 g/mol. The van der Waals surface area contributed by atoms with Crippen molar-refractivity contribution in [2.45, 2.75) is 114 Å². The summed E-state index contributed by atoms with van der Waals surface area (Å²) in [6.45, 7) is 6.86. The van der Waals surface area contributed by atoms with E-state index in [9.17, 15) is 0 Å². The van der Waals surface area contributed by atoms with Crippen LogP contribution >= 0.6 is 23.5 Å². The second kappa shape index (κ2) is 18.4. The molecule has 0 saturated carbocycles. The largest absolute Gasteiger partial charge is 0.205 e. The predicted octanol–water partition coefficient (Wildman–Crippen LogP) is 7.87. The summed E-state index contributed by atoms with van der Waals surface area (Å²) in [5.74, 6) is 2.48. The maximum atomic E-state index is 2.33. The van der Waals surface area contributed by atoms with Crippen LogP contribution in [0, 0.1) is 0 Å². The topological polar surface area (TPSA) is 7.76 Å². The molecule has 0 bridgehead atoms. The van der Waals surface area contributed by atoms with Crippen LogP contribution in [0.1, 0.15) is 90.9 Å². The first-order chi connectivity index (χ1) is 15.8. The van der Waals surface area contributed by atoms with Gasteiger partial charge in [0.2, 0.25) is 0 Å². The highest BCUT2D eigenvalue weighted by atomic mass is 32.2. The van der Waals surface area contributed by atoms with Gasteiger partial charge in [0.05, 0.1) is 0 Å². The summed E-state index contributed by atoms with van der Waals surface area (Å²) in [4.78, 5) is 2.83. The maximum Gasteiger partial charge on any atom is 0.169 e. The fourth-order valence-corrected chi connectivity index (χ4v) is 5.55. The molecule has 32 heavy (non-hydrogen) atoms. The fraction of sp³-hybridized carbons (Fsp3) is 0.643. The molecule has 0 fully saturated rings. The van der Waals surface area contributed by atoms with E-state index in [1.807, 2.05) is 23.5 Å². The van der Waals surface area contributed by atoms with Crippen LogP contribution in [-0.2, 0) is 13.1 Å². The van der Waals surface area contributed by atoms with Gasteiger partial charge in [-0.2, -0.15) is 0 Å². The van der Waals surface area contributed by atoms with Crippen LogP contribution in [0.15, 0.2) is 58.8 Å². The number of aromatic nitrogens is 2. The van der Waals surface area contributed by atoms with Gasteiger partial charge in [0, 0.05) is 46.9 Å². The first-order valence-electron chi connectivity index (χ1n) is 13.1. The minimum absolute atomic E-state index is 1.16. The van der Waals surface area contributed by atoms with Crippen LogP contribution in [-0.4, -0.2) is 11.5 Å². The average molecular weight is 475 g/mol. The summed E-state index contributed by atoms with van der Waals surface area (Å²) in [5.41, 5.74) is 0. The summed E-state index contributed by atoms with van der Waals surface area (Å²) in [7, 11) is 0. The number of nitrogens with zero attached hydrogens (tertiary/aromatic N) is 2. The Labute approximate surface area is 206 Å². The van der Waals surface area contributed by atoms with Crippen molar-refractivity contribution >= 4 is 23.5 Å². The number of pyridine rings is 2. The Balaban J connectivity index is 1.46. The summed E-state index contributed by atoms with van der Waals surface area (Å²) in [6, 6.07) is 9.15. The van der Waals surface area contributed by atoms with Gasteiger partial charge in [-0.15, -0.1) is 23.5 Å². The van der Waals surface area contributed by atoms with Crippen molar-refractivity contribution < 1.29 is 9.13 Å². The first kappa shape index (κ1) is 27.2. The molecule has 0 atom stereocenters. The Morgan fingerprint density at radius 3 is 1.25 bits per heavy atom. The van der Waals surface area contributed by atoms with E-state index in [-0.39, 0.29) is 0 Å². The smallest absolute Gasteiger partial charge is 0.169 e. The zero-order chi connectivity index (χ0) is 22.7. The standard InChI is InChI=1S/C28H46N2S2/c1-3-5-7-11-19-29-21-15-27(16-22-29)31-25-13-9-10-14-26-32-28-17-23-30(24-18-28)20-12-8-6-4-2/h15-18,21-24H,3-14,19-20,25-26H2,1-2H3/q+2. The van der Waals surface area contributed by atoms with Crippen LogP contribution < -0.4 is 9.13 Å². The van der Waals surface area contributed by atoms with Gasteiger partial charge in [0.25, 0.3) is 0 Å². The van der Waals surface area contributed by atoms with Gasteiger partial charge in [-0.1, -0.05) is 52.4 Å². The Kier molecular flexibility index (Phi) is 15.7. The first-order valence-corrected chi connectivity index (χ1v) is 15.0. The summed E-state index contributed by atoms with van der Waals surface area (Å²) in [6.07, 6.45) is 25.0. The third kappa shape index (κ3) is 12.9. The van der Waals surface area contributed by atoms with E-state index in [1.165, 1.54) is 98.3 Å². The van der Waals surface area contributed by atoms with Gasteiger partial charge < -0.3 is 0 Å². The molecule has 0 saturated heterocycles. The Morgan fingerprint density at radius 2 is 0.875 bits per heavy atom. The Hall–Kier alpha value is -1.00. The second-order valence-electron chi connectivity index (χ2n) is 8.78. The van der Waals surface area contributed by atoms with Gasteiger partial charge in [-0.3, -0.25) is 0 Å². The lowest BCUT2D eigenvalue weighted by Gasteiger charge is -2.03. The highest BCUT2D eigenvalue weighted by molar-refractivity contribution is 7.99. The van der Waals surface area contributed by atoms with Crippen molar-refractivity contribution in [3.63, 3.8) is 0 Å². The zero-order valence-electron chi connectivity index (χ0n) is 20.6. The molecule has 0 aliphatic heterocycles. The van der Waals surface area contributed by atoms with Crippen LogP contribution in [0.4, 0.5) is 0 Å². The molecule has 2 aromatic rings. The number of hydrogen-bond acceptors (Lipinski definition) is 2. The molecule has 2 heterocycles. The lowest BCUT2D eigenvalue weighted by molar-refractivity contribution is -0.697. The molecule has 4 heteroatoms. The second-order valence-corrected chi connectivity index (χ2v) is 11.1. The molecule has 2 nitrogen and oxygen atoms in total. The van der Waals surface area contributed by atoms with Crippen molar-refractivity contribution in [3.8, 4) is 0 Å². The maximum absolute atomic E-state index is 2.33. The van der Waals surface area contributed by atoms with Gasteiger partial charge >= 0.3 is 0 Å². The molecule has 2 rings (SSSR count). The molecule has 0 unspecified atom stereocenters. The number of unbranched alkanes of at least 4 members (excludes halogenated alkanes) is 9. The van der Waals surface area contributed by atoms with Crippen LogP contribution in [0.3, 0.4) is 0 Å². The predicted molar refractivity (Wildman–Crippen MR) is 141 cm³/mol. The normalized spacial score (nSPS) is 11.2.